The number of carbonyl (C=O) groups excluding carboxylic acids is 2. The third-order valence-corrected chi connectivity index (χ3v) is 5.51. The molecule has 5 rings (SSSR count). The third kappa shape index (κ3) is 3.49. The van der Waals surface area contributed by atoms with Crippen molar-refractivity contribution in [3.05, 3.63) is 17.3 Å². The van der Waals surface area contributed by atoms with Crippen molar-refractivity contribution in [3.63, 3.8) is 0 Å². The number of hydrogen-bond acceptors (Lipinski definition) is 8. The van der Waals surface area contributed by atoms with Gasteiger partial charge in [-0.25, -0.2) is 4.39 Å². The number of alkyl halides is 1. The summed E-state index contributed by atoms with van der Waals surface area (Å²) >= 11 is 0. The highest BCUT2D eigenvalue weighted by Gasteiger charge is 2.28. The van der Waals surface area contributed by atoms with E-state index in [1.165, 1.54) is 0 Å². The average Bonchev–Trinajstić information content (AvgIpc) is 3.34. The molecular formula is C19H22FN7O3. The first-order chi connectivity index (χ1) is 14.6. The zero-order valence-electron chi connectivity index (χ0n) is 16.4. The summed E-state index contributed by atoms with van der Waals surface area (Å²) in [6.45, 7) is 3.48. The van der Waals surface area contributed by atoms with Crippen molar-refractivity contribution >= 4 is 35.4 Å². The van der Waals surface area contributed by atoms with Crippen LogP contribution in [0.1, 0.15) is 24.8 Å². The summed E-state index contributed by atoms with van der Waals surface area (Å²) in [5.41, 5.74) is 1.49. The topological polar surface area (TPSA) is 105 Å². The lowest BCUT2D eigenvalue weighted by molar-refractivity contribution is -0.124. The van der Waals surface area contributed by atoms with Crippen LogP contribution in [-0.2, 0) is 14.3 Å². The molecule has 5 heterocycles. The minimum absolute atomic E-state index is 0.0279. The number of nitrogens with one attached hydrogen (secondary N) is 1. The Labute approximate surface area is 171 Å². The molecule has 30 heavy (non-hydrogen) atoms. The number of rotatable bonds is 3. The highest BCUT2D eigenvalue weighted by molar-refractivity contribution is 6.15. The van der Waals surface area contributed by atoms with Crippen molar-refractivity contribution in [1.29, 1.82) is 0 Å². The number of amides is 2. The van der Waals surface area contributed by atoms with Crippen LogP contribution in [0.5, 0.6) is 0 Å². The van der Waals surface area contributed by atoms with Gasteiger partial charge in [0.1, 0.15) is 6.17 Å². The standard InChI is InChI=1S/C19H22FN7O3/c20-14-2-4-26(11-14)19-24-18(25-3-1-6-30-7-5-25)23-16-13(10-21-27(16)19)8-12-9-15(28)22-17(12)29/h8,10,14H,1-7,9,11H2,(H,22,28,29)/b12-8+. The van der Waals surface area contributed by atoms with Crippen molar-refractivity contribution in [2.75, 3.05) is 49.2 Å². The summed E-state index contributed by atoms with van der Waals surface area (Å²) in [5, 5.41) is 6.68. The van der Waals surface area contributed by atoms with Crippen LogP contribution >= 0.6 is 0 Å². The van der Waals surface area contributed by atoms with E-state index in [0.29, 0.717) is 61.4 Å². The van der Waals surface area contributed by atoms with Crippen molar-refractivity contribution in [1.82, 2.24) is 24.9 Å². The maximum atomic E-state index is 13.9. The molecule has 1 N–H and O–H groups in total. The molecule has 158 valence electrons. The number of anilines is 2. The zero-order valence-corrected chi connectivity index (χ0v) is 16.4. The molecule has 3 fully saturated rings. The van der Waals surface area contributed by atoms with Gasteiger partial charge in [-0.05, 0) is 18.9 Å². The molecule has 1 unspecified atom stereocenters. The summed E-state index contributed by atoms with van der Waals surface area (Å²) in [7, 11) is 0. The number of imide groups is 1. The van der Waals surface area contributed by atoms with Crippen LogP contribution in [-0.4, -0.2) is 77.0 Å². The van der Waals surface area contributed by atoms with Gasteiger partial charge in [0.05, 0.1) is 25.8 Å². The van der Waals surface area contributed by atoms with Gasteiger partial charge in [-0.2, -0.15) is 19.6 Å². The minimum atomic E-state index is -0.907. The molecule has 2 aromatic rings. The number of nitrogens with zero attached hydrogens (tertiary/aromatic N) is 6. The summed E-state index contributed by atoms with van der Waals surface area (Å²) in [4.78, 5) is 36.9. The maximum Gasteiger partial charge on any atom is 0.254 e. The van der Waals surface area contributed by atoms with Crippen molar-refractivity contribution < 1.29 is 18.7 Å². The molecule has 0 saturated carbocycles. The fourth-order valence-electron chi connectivity index (χ4n) is 3.97. The predicted octanol–water partition coefficient (Wildman–Crippen LogP) is 0.329. The first-order valence-electron chi connectivity index (χ1n) is 10.1. The Kier molecular flexibility index (Phi) is 4.81. The largest absolute Gasteiger partial charge is 0.380 e. The smallest absolute Gasteiger partial charge is 0.254 e. The van der Waals surface area contributed by atoms with Gasteiger partial charge in [-0.15, -0.1) is 0 Å². The first kappa shape index (κ1) is 18.9. The van der Waals surface area contributed by atoms with Gasteiger partial charge >= 0.3 is 0 Å². The lowest BCUT2D eigenvalue weighted by atomic mass is 10.1. The van der Waals surface area contributed by atoms with Gasteiger partial charge in [0.2, 0.25) is 17.8 Å². The monoisotopic (exact) mass is 415 g/mol. The minimum Gasteiger partial charge on any atom is -0.380 e. The Balaban J connectivity index is 1.61. The Morgan fingerprint density at radius 1 is 1.17 bits per heavy atom. The van der Waals surface area contributed by atoms with Gasteiger partial charge in [0, 0.05) is 37.4 Å². The van der Waals surface area contributed by atoms with E-state index in [0.717, 1.165) is 13.0 Å². The van der Waals surface area contributed by atoms with Gasteiger partial charge in [-0.1, -0.05) is 0 Å². The van der Waals surface area contributed by atoms with Gasteiger partial charge in [-0.3, -0.25) is 14.9 Å². The second kappa shape index (κ2) is 7.63. The van der Waals surface area contributed by atoms with Crippen molar-refractivity contribution in [3.8, 4) is 0 Å². The Hall–Kier alpha value is -3.08. The average molecular weight is 415 g/mol. The molecular weight excluding hydrogens is 393 g/mol. The molecule has 2 aromatic heterocycles. The molecule has 0 aromatic carbocycles. The second-order valence-electron chi connectivity index (χ2n) is 7.67. The van der Waals surface area contributed by atoms with E-state index in [4.69, 9.17) is 14.7 Å². The molecule has 1 atom stereocenters. The SMILES string of the molecule is O=C1C/C(=C\c2cnn3c(N4CCC(F)C4)nc(N4CCCOCC4)nc23)C(=O)N1. The number of ether oxygens (including phenoxy) is 1. The number of hydrogen-bond donors (Lipinski definition) is 1. The van der Waals surface area contributed by atoms with E-state index < -0.39 is 12.1 Å². The van der Waals surface area contributed by atoms with Crippen LogP contribution in [0.2, 0.25) is 0 Å². The number of fused-ring (bicyclic) bond motifs is 1. The van der Waals surface area contributed by atoms with Crippen LogP contribution in [0.25, 0.3) is 11.7 Å². The Bertz CT molecular complexity index is 1030. The van der Waals surface area contributed by atoms with E-state index >= 15 is 0 Å². The van der Waals surface area contributed by atoms with Crippen molar-refractivity contribution in [2.45, 2.75) is 25.4 Å². The quantitative estimate of drug-likeness (QED) is 0.565. The molecule has 2 amide bonds. The third-order valence-electron chi connectivity index (χ3n) is 5.51. The maximum absolute atomic E-state index is 13.9. The molecule has 11 heteroatoms. The molecule has 0 aliphatic carbocycles. The summed E-state index contributed by atoms with van der Waals surface area (Å²) in [6, 6.07) is 0. The highest BCUT2D eigenvalue weighted by Crippen LogP contribution is 2.26. The highest BCUT2D eigenvalue weighted by atomic mass is 19.1. The van der Waals surface area contributed by atoms with Crippen molar-refractivity contribution in [2.24, 2.45) is 0 Å². The molecule has 0 spiro atoms. The molecule has 3 aliphatic heterocycles. The molecule has 3 aliphatic rings. The summed E-state index contributed by atoms with van der Waals surface area (Å²) in [6.07, 6.45) is 3.65. The number of halogens is 1. The van der Waals surface area contributed by atoms with Crippen LogP contribution < -0.4 is 15.1 Å². The molecule has 0 bridgehead atoms. The van der Waals surface area contributed by atoms with E-state index in [9.17, 15) is 14.0 Å². The van der Waals surface area contributed by atoms with E-state index in [1.54, 1.807) is 16.8 Å². The van der Waals surface area contributed by atoms with E-state index in [-0.39, 0.29) is 18.9 Å². The summed E-state index contributed by atoms with van der Waals surface area (Å²) < 4.78 is 21.0. The Morgan fingerprint density at radius 2 is 2.07 bits per heavy atom. The number of aromatic nitrogens is 4. The lowest BCUT2D eigenvalue weighted by Crippen LogP contribution is -2.30. The normalized spacial score (nSPS) is 24.2. The lowest BCUT2D eigenvalue weighted by Gasteiger charge is -2.23. The molecule has 0 radical (unpaired) electrons. The Morgan fingerprint density at radius 3 is 2.83 bits per heavy atom. The van der Waals surface area contributed by atoms with Gasteiger partial charge < -0.3 is 14.5 Å². The summed E-state index contributed by atoms with van der Waals surface area (Å²) in [5.74, 6) is 0.321. The first-order valence-corrected chi connectivity index (χ1v) is 10.1. The number of carbonyl (C=O) groups is 2. The van der Waals surface area contributed by atoms with Crippen LogP contribution in [0.3, 0.4) is 0 Å². The molecule has 3 saturated heterocycles. The fourth-order valence-corrected chi connectivity index (χ4v) is 3.97. The van der Waals surface area contributed by atoms with E-state index in [2.05, 4.69) is 15.3 Å². The van der Waals surface area contributed by atoms with Gasteiger partial charge in [0.15, 0.2) is 5.65 Å². The predicted molar refractivity (Wildman–Crippen MR) is 106 cm³/mol. The van der Waals surface area contributed by atoms with Crippen LogP contribution in [0, 0.1) is 0 Å². The van der Waals surface area contributed by atoms with Crippen LogP contribution in [0.4, 0.5) is 16.3 Å². The molecule has 10 nitrogen and oxygen atoms in total. The van der Waals surface area contributed by atoms with Crippen LogP contribution in [0.15, 0.2) is 11.8 Å². The van der Waals surface area contributed by atoms with E-state index in [1.807, 2.05) is 4.90 Å². The van der Waals surface area contributed by atoms with Gasteiger partial charge in [0.25, 0.3) is 5.91 Å². The zero-order chi connectivity index (χ0) is 20.7. The second-order valence-corrected chi connectivity index (χ2v) is 7.67. The fraction of sp³-hybridized carbons (Fsp3) is 0.526.